The number of hydroxylamine groups is 4. The first-order valence-electron chi connectivity index (χ1n) is 41.4. The van der Waals surface area contributed by atoms with Gasteiger partial charge in [-0.25, -0.2) is 39.6 Å². The van der Waals surface area contributed by atoms with E-state index >= 15 is 0 Å². The average molecular weight is 2000 g/mol. The zero-order valence-electron chi connectivity index (χ0n) is 71.9. The molecule has 2 fully saturated rings. The number of carbonyl (C=O) groups excluding carboxylic acids is 8. The highest BCUT2D eigenvalue weighted by Crippen LogP contribution is 2.43. The molecule has 5 N–H and O–H groups in total. The maximum Gasteiger partial charge on any atom is 0.358 e. The summed E-state index contributed by atoms with van der Waals surface area (Å²) in [6, 6.07) is 32.1. The van der Waals surface area contributed by atoms with E-state index < -0.39 is 97.4 Å². The predicted octanol–water partition coefficient (Wildman–Crippen LogP) is 9.71. The van der Waals surface area contributed by atoms with Gasteiger partial charge < -0.3 is 78.6 Å². The summed E-state index contributed by atoms with van der Waals surface area (Å²) in [6.07, 6.45) is 0.446. The van der Waals surface area contributed by atoms with Crippen LogP contribution in [0.15, 0.2) is 124 Å². The van der Waals surface area contributed by atoms with Crippen molar-refractivity contribution in [2.75, 3.05) is 191 Å². The molecule has 0 bridgehead atoms. The van der Waals surface area contributed by atoms with Crippen LogP contribution in [-0.4, -0.2) is 289 Å². The molecular formula is C87H114Cl6FN9O24S3. The second-order valence-corrected chi connectivity index (χ2v) is 38.3. The number of amides is 6. The number of sulfonamides is 1. The number of benzene rings is 6. The molecule has 0 aromatic heterocycles. The van der Waals surface area contributed by atoms with Crippen molar-refractivity contribution < 1.29 is 117 Å². The fourth-order valence-electron chi connectivity index (χ4n) is 14.1. The van der Waals surface area contributed by atoms with Crippen LogP contribution in [0, 0.1) is 0 Å². The molecular weight excluding hydrogens is 1880 g/mol. The number of hydrogen-bond donors (Lipinski definition) is 4. The molecule has 6 aromatic carbocycles. The van der Waals surface area contributed by atoms with Crippen molar-refractivity contribution in [1.29, 1.82) is 0 Å². The van der Waals surface area contributed by atoms with E-state index in [-0.39, 0.29) is 177 Å². The number of rotatable bonds is 45. The zero-order chi connectivity index (χ0) is 93.8. The minimum Gasteiger partial charge on any atom is -0.379 e. The fraction of sp³-hybridized carbons (Fsp3) is 0.494. The van der Waals surface area contributed by atoms with Crippen LogP contribution in [0.25, 0.3) is 0 Å². The van der Waals surface area contributed by atoms with E-state index in [9.17, 15) is 68.0 Å². The summed E-state index contributed by atoms with van der Waals surface area (Å²) in [5.74, 6) is -5.84. The standard InChI is InChI=1S/C50H62Cl4N4O11S2.C22H29Cl2N3O4S.C12H12N2O9.CH3F.2CH4/c1-57-29-43(41-25-37(51)27-47(53)45(41)31-57)35-7-3-9-39(23-35)70(61,62)21-5-13-65-17-19-67-15-11-55-49(59)33-69-34-50(60)56-12-16-68-20-18-66-14-6-22-71(63,64)40-10-4-8-36(24-40)44-30-58(2)32-46-42(44)26-38(52)28-48(46)54;1-27-14-20(19-12-17(23)13-22(24)21(19)15-27)16-3-2-4-18(11-16)32(28,29)26-6-8-31-10-9-30-7-5-25;15-7-1-2-8(16)13(7)22-11(19)5-21-6-12(20)23-14-9(17)3-4-10(14)18;1-2;;/h3-4,7-10,23-28,43-44H,5-6,11-22,29-34H2,1-2H3,(H,55,59)(H,56,60);2-4,11-13,20,26H,5-10,14-15,25H2,1H3;1-6H2;1H3;2*1H4/i;;;1D;;. The Bertz CT molecular complexity index is 4920. The average Bonchev–Trinajstić information content (AvgIpc) is 1.32. The Balaban J connectivity index is 0.000000359. The molecule has 0 radical (unpaired) electrons. The molecule has 5 aliphatic rings. The Labute approximate surface area is 790 Å². The number of nitrogens with two attached hydrogens (primary N) is 1. The predicted molar refractivity (Wildman–Crippen MR) is 488 cm³/mol. The van der Waals surface area contributed by atoms with Crippen LogP contribution in [-0.2, 0) is 135 Å². The highest BCUT2D eigenvalue weighted by molar-refractivity contribution is 7.91. The SMILES string of the molecule is C.C.CN1Cc2c(Cl)cc(Cl)cc2C(c2cccc(S(=O)(=O)CCCOCCOCCNC(=O)COCC(=O)NCCOCCOCCCS(=O)(=O)c3cccc(C4CN(C)Cc5c(Cl)cc(Cl)cc54)c3)c2)C1.CN1Cc2c(Cl)cc(Cl)cc2C(c2cccc(S(=O)(=O)NCCOCCOCCN)c2)C1.O=C(COCC(=O)ON1C(=O)CCC1=O)ON1C(=O)CCC1=O.[2H]CF. The smallest absolute Gasteiger partial charge is 0.358 e. The van der Waals surface area contributed by atoms with Crippen LogP contribution in [0.4, 0.5) is 4.39 Å². The molecule has 43 heteroatoms. The molecule has 3 unspecified atom stereocenters. The molecule has 0 saturated carbocycles. The molecule has 718 valence electrons. The molecule has 33 nitrogen and oxygen atoms in total. The van der Waals surface area contributed by atoms with E-state index in [1.54, 1.807) is 72.8 Å². The van der Waals surface area contributed by atoms with Crippen molar-refractivity contribution in [2.24, 2.45) is 5.73 Å². The van der Waals surface area contributed by atoms with Crippen LogP contribution in [0.5, 0.6) is 0 Å². The van der Waals surface area contributed by atoms with Gasteiger partial charge in [-0.05, 0) is 157 Å². The zero-order valence-corrected chi connectivity index (χ0v) is 77.8. The molecule has 3 atom stereocenters. The first kappa shape index (κ1) is 109. The van der Waals surface area contributed by atoms with Crippen molar-refractivity contribution in [3.8, 4) is 0 Å². The number of likely N-dealkylation sites (N-methyl/N-ethyl adjacent to an activating group) is 3. The van der Waals surface area contributed by atoms with Gasteiger partial charge in [-0.1, -0.05) is 121 Å². The van der Waals surface area contributed by atoms with E-state index in [0.717, 1.165) is 63.2 Å². The van der Waals surface area contributed by atoms with E-state index in [0.29, 0.717) is 106 Å². The van der Waals surface area contributed by atoms with Gasteiger partial charge in [-0.2, -0.15) is 0 Å². The Kier molecular flexibility index (Phi) is 47.2. The highest BCUT2D eigenvalue weighted by atomic mass is 35.5. The molecule has 6 amide bonds. The number of alkyl halides is 1. The van der Waals surface area contributed by atoms with E-state index in [4.69, 9.17) is 110 Å². The van der Waals surface area contributed by atoms with E-state index in [1.165, 1.54) is 0 Å². The lowest BCUT2D eigenvalue weighted by molar-refractivity contribution is -0.205. The lowest BCUT2D eigenvalue weighted by Crippen LogP contribution is -2.35. The summed E-state index contributed by atoms with van der Waals surface area (Å²) < 4.78 is 139. The van der Waals surface area contributed by atoms with Crippen LogP contribution in [0.3, 0.4) is 0 Å². The summed E-state index contributed by atoms with van der Waals surface area (Å²) >= 11 is 38.4. The number of imide groups is 2. The Morgan fingerprint density at radius 2 is 0.738 bits per heavy atom. The van der Waals surface area contributed by atoms with Crippen molar-refractivity contribution in [3.05, 3.63) is 189 Å². The second-order valence-electron chi connectivity index (χ2n) is 29.8. The summed E-state index contributed by atoms with van der Waals surface area (Å²) in [4.78, 5) is 108. The third-order valence-electron chi connectivity index (χ3n) is 20.0. The highest BCUT2D eigenvalue weighted by Gasteiger charge is 2.37. The van der Waals surface area contributed by atoms with E-state index in [1.807, 2.05) is 57.5 Å². The topological polar surface area (TPSA) is 410 Å². The summed E-state index contributed by atoms with van der Waals surface area (Å²) in [7, 11) is -5.76. The molecule has 0 spiro atoms. The minimum absolute atomic E-state index is 0. The van der Waals surface area contributed by atoms with Gasteiger partial charge in [0, 0.05) is 152 Å². The van der Waals surface area contributed by atoms with Gasteiger partial charge in [-0.15, -0.1) is 10.1 Å². The Morgan fingerprint density at radius 3 is 1.08 bits per heavy atom. The van der Waals surface area contributed by atoms with Crippen LogP contribution >= 0.6 is 69.6 Å². The molecule has 0 aliphatic carbocycles. The summed E-state index contributed by atoms with van der Waals surface area (Å²) in [5, 5.41) is 9.46. The minimum atomic E-state index is -3.67. The van der Waals surface area contributed by atoms with Crippen LogP contribution < -0.4 is 21.1 Å². The van der Waals surface area contributed by atoms with Gasteiger partial charge in [-0.3, -0.25) is 33.2 Å². The summed E-state index contributed by atoms with van der Waals surface area (Å²) in [6.45, 7) is 6.78. The number of nitrogens with one attached hydrogen (secondary N) is 3. The number of carbonyl (C=O) groups is 8. The Hall–Kier alpha value is -7.52. The number of sulfone groups is 2. The van der Waals surface area contributed by atoms with Crippen LogP contribution in [0.2, 0.25) is 30.1 Å². The Morgan fingerprint density at radius 1 is 0.431 bits per heavy atom. The number of nitrogens with zero attached hydrogens (tertiary/aromatic N) is 5. The van der Waals surface area contributed by atoms with Crippen molar-refractivity contribution in [2.45, 2.75) is 105 Å². The summed E-state index contributed by atoms with van der Waals surface area (Å²) in [5.41, 5.74) is 14.1. The quantitative estimate of drug-likeness (QED) is 0.0204. The maximum atomic E-state index is 13.2. The van der Waals surface area contributed by atoms with Crippen molar-refractivity contribution in [3.63, 3.8) is 0 Å². The largest absolute Gasteiger partial charge is 0.379 e. The molecule has 11 rings (SSSR count). The van der Waals surface area contributed by atoms with Gasteiger partial charge in [0.15, 0.2) is 19.7 Å². The van der Waals surface area contributed by atoms with E-state index in [2.05, 4.69) is 44.5 Å². The maximum absolute atomic E-state index is 13.2. The molecule has 5 aliphatic heterocycles. The number of fused-ring (bicyclic) bond motifs is 3. The molecule has 2 saturated heterocycles. The number of halogens is 7. The van der Waals surface area contributed by atoms with Gasteiger partial charge >= 0.3 is 11.9 Å². The fourth-order valence-corrected chi connectivity index (χ4v) is 19.6. The van der Waals surface area contributed by atoms with Crippen molar-refractivity contribution in [1.82, 2.24) is 40.2 Å². The third kappa shape index (κ3) is 35.1. The molecule has 5 heterocycles. The van der Waals surface area contributed by atoms with Crippen LogP contribution in [0.1, 0.15) is 123 Å². The monoisotopic (exact) mass is 1990 g/mol. The number of hydrogen-bond acceptors (Lipinski definition) is 28. The van der Waals surface area contributed by atoms with Gasteiger partial charge in [0.2, 0.25) is 21.8 Å². The molecule has 130 heavy (non-hydrogen) atoms. The van der Waals surface area contributed by atoms with Gasteiger partial charge in [0.25, 0.3) is 23.6 Å². The second kappa shape index (κ2) is 56.0. The normalized spacial score (nSPS) is 16.4. The van der Waals surface area contributed by atoms with Crippen molar-refractivity contribution >= 4 is 147 Å². The number of ether oxygens (including phenoxy) is 8. The van der Waals surface area contributed by atoms with Gasteiger partial charge in [0.1, 0.15) is 26.4 Å². The lowest BCUT2D eigenvalue weighted by Gasteiger charge is -2.33. The first-order valence-corrected chi connectivity index (χ1v) is 47.8. The molecule has 6 aromatic rings. The lowest BCUT2D eigenvalue weighted by atomic mass is 9.85. The third-order valence-corrected chi connectivity index (χ3v) is 26.8. The first-order chi connectivity index (χ1) is 61.6. The van der Waals surface area contributed by atoms with Gasteiger partial charge in [0.05, 0.1) is 101 Å².